The van der Waals surface area contributed by atoms with Crippen molar-refractivity contribution in [2.75, 3.05) is 13.6 Å². The summed E-state index contributed by atoms with van der Waals surface area (Å²) in [4.78, 5) is 13.7. The summed E-state index contributed by atoms with van der Waals surface area (Å²) < 4.78 is 31.9. The topological polar surface area (TPSA) is 41.6 Å². The van der Waals surface area contributed by atoms with Crippen molar-refractivity contribution in [2.45, 2.75) is 44.9 Å². The molecule has 1 amide bonds. The number of rotatable bonds is 5. The van der Waals surface area contributed by atoms with Crippen molar-refractivity contribution in [1.29, 1.82) is 0 Å². The number of ether oxygens (including phenoxy) is 1. The van der Waals surface area contributed by atoms with Crippen LogP contribution in [-0.2, 0) is 11.3 Å². The normalized spacial score (nSPS) is 19.3. The maximum Gasteiger partial charge on any atom is 0.262 e. The van der Waals surface area contributed by atoms with E-state index in [2.05, 4.69) is 5.32 Å². The number of alkyl halides is 2. The standard InChI is InChI=1S/C16H22F2N2O2.ClH/c1-11(2)22-13-6-4-5-12(7-13)9-20(3)15(21)14-8-16(17,18)10-19-14;/h4-7,11,14,19H,8-10H2,1-3H3;1H. The van der Waals surface area contributed by atoms with Crippen molar-refractivity contribution >= 4 is 18.3 Å². The minimum atomic E-state index is -2.80. The molecular weight excluding hydrogens is 326 g/mol. The lowest BCUT2D eigenvalue weighted by Gasteiger charge is -2.21. The van der Waals surface area contributed by atoms with Gasteiger partial charge in [-0.25, -0.2) is 8.78 Å². The second-order valence-electron chi connectivity index (χ2n) is 6.00. The smallest absolute Gasteiger partial charge is 0.262 e. The van der Waals surface area contributed by atoms with Gasteiger partial charge in [-0.05, 0) is 31.5 Å². The molecular formula is C16H23ClF2N2O2. The summed E-state index contributed by atoms with van der Waals surface area (Å²) in [5, 5.41) is 2.58. The first kappa shape index (κ1) is 19.6. The molecule has 1 aromatic carbocycles. The average Bonchev–Trinajstić information content (AvgIpc) is 2.77. The lowest BCUT2D eigenvalue weighted by Crippen LogP contribution is -2.41. The Morgan fingerprint density at radius 2 is 2.17 bits per heavy atom. The number of hydrogen-bond acceptors (Lipinski definition) is 3. The minimum Gasteiger partial charge on any atom is -0.491 e. The SMILES string of the molecule is CC(C)Oc1cccc(CN(C)C(=O)C2CC(F)(F)CN2)c1.Cl. The number of carbonyl (C=O) groups is 1. The summed E-state index contributed by atoms with van der Waals surface area (Å²) >= 11 is 0. The second-order valence-corrected chi connectivity index (χ2v) is 6.00. The van der Waals surface area contributed by atoms with Gasteiger partial charge in [0.25, 0.3) is 5.92 Å². The van der Waals surface area contributed by atoms with E-state index in [-0.39, 0.29) is 24.4 Å². The third-order valence-corrected chi connectivity index (χ3v) is 3.47. The second kappa shape index (κ2) is 7.93. The summed E-state index contributed by atoms with van der Waals surface area (Å²) in [5.41, 5.74) is 0.902. The molecule has 1 saturated heterocycles. The molecule has 1 aliphatic heterocycles. The van der Waals surface area contributed by atoms with E-state index >= 15 is 0 Å². The highest BCUT2D eigenvalue weighted by molar-refractivity contribution is 5.85. The molecule has 1 atom stereocenters. The molecule has 1 unspecified atom stereocenters. The van der Waals surface area contributed by atoms with Gasteiger partial charge in [-0.15, -0.1) is 12.4 Å². The lowest BCUT2D eigenvalue weighted by molar-refractivity contribution is -0.132. The first-order chi connectivity index (χ1) is 10.3. The summed E-state index contributed by atoms with van der Waals surface area (Å²) in [5.74, 6) is -2.38. The van der Waals surface area contributed by atoms with Gasteiger partial charge in [-0.3, -0.25) is 10.1 Å². The van der Waals surface area contributed by atoms with Gasteiger partial charge < -0.3 is 9.64 Å². The predicted octanol–water partition coefficient (Wildman–Crippen LogP) is 2.85. The number of benzene rings is 1. The van der Waals surface area contributed by atoms with E-state index in [9.17, 15) is 13.6 Å². The van der Waals surface area contributed by atoms with E-state index < -0.39 is 24.9 Å². The average molecular weight is 349 g/mol. The molecule has 1 aromatic rings. The maximum absolute atomic E-state index is 13.2. The molecule has 2 rings (SSSR count). The molecule has 130 valence electrons. The number of amides is 1. The fourth-order valence-corrected chi connectivity index (χ4v) is 2.50. The molecule has 0 aliphatic carbocycles. The number of halogens is 3. The maximum atomic E-state index is 13.2. The molecule has 4 nitrogen and oxygen atoms in total. The third-order valence-electron chi connectivity index (χ3n) is 3.47. The van der Waals surface area contributed by atoms with E-state index in [1.807, 2.05) is 38.1 Å². The summed E-state index contributed by atoms with van der Waals surface area (Å²) in [6.07, 6.45) is -0.369. The van der Waals surface area contributed by atoms with E-state index in [1.54, 1.807) is 7.05 Å². The highest BCUT2D eigenvalue weighted by atomic mass is 35.5. The molecule has 0 radical (unpaired) electrons. The highest BCUT2D eigenvalue weighted by Gasteiger charge is 2.43. The lowest BCUT2D eigenvalue weighted by atomic mass is 10.1. The van der Waals surface area contributed by atoms with Gasteiger partial charge in [0.05, 0.1) is 18.7 Å². The van der Waals surface area contributed by atoms with Gasteiger partial charge in [-0.1, -0.05) is 12.1 Å². The molecule has 0 saturated carbocycles. The fraction of sp³-hybridized carbons (Fsp3) is 0.562. The van der Waals surface area contributed by atoms with Crippen LogP contribution in [0.2, 0.25) is 0 Å². The van der Waals surface area contributed by atoms with Crippen LogP contribution in [-0.4, -0.2) is 42.5 Å². The van der Waals surface area contributed by atoms with Crippen molar-refractivity contribution in [3.8, 4) is 5.75 Å². The summed E-state index contributed by atoms with van der Waals surface area (Å²) in [7, 11) is 1.62. The Labute approximate surface area is 141 Å². The zero-order valence-corrected chi connectivity index (χ0v) is 14.3. The molecule has 0 spiro atoms. The first-order valence-corrected chi connectivity index (χ1v) is 7.38. The van der Waals surface area contributed by atoms with Crippen LogP contribution in [0.4, 0.5) is 8.78 Å². The van der Waals surface area contributed by atoms with E-state index in [1.165, 1.54) is 4.90 Å². The van der Waals surface area contributed by atoms with Crippen molar-refractivity contribution in [3.63, 3.8) is 0 Å². The molecule has 23 heavy (non-hydrogen) atoms. The fourth-order valence-electron chi connectivity index (χ4n) is 2.50. The van der Waals surface area contributed by atoms with Crippen LogP contribution < -0.4 is 10.1 Å². The Hall–Kier alpha value is -1.40. The first-order valence-electron chi connectivity index (χ1n) is 7.38. The van der Waals surface area contributed by atoms with Crippen LogP contribution in [0.3, 0.4) is 0 Å². The zero-order chi connectivity index (χ0) is 16.3. The van der Waals surface area contributed by atoms with Crippen LogP contribution >= 0.6 is 12.4 Å². The molecule has 1 N–H and O–H groups in total. The Balaban J connectivity index is 0.00000264. The van der Waals surface area contributed by atoms with Crippen LogP contribution in [0.25, 0.3) is 0 Å². The molecule has 1 fully saturated rings. The highest BCUT2D eigenvalue weighted by Crippen LogP contribution is 2.26. The third kappa shape index (κ3) is 5.62. The molecule has 1 aliphatic rings. The molecule has 0 bridgehead atoms. The Bertz CT molecular complexity index is 541. The van der Waals surface area contributed by atoms with E-state index in [4.69, 9.17) is 4.74 Å². The van der Waals surface area contributed by atoms with Crippen LogP contribution in [0.15, 0.2) is 24.3 Å². The number of nitrogens with one attached hydrogen (secondary N) is 1. The number of hydrogen-bond donors (Lipinski definition) is 1. The summed E-state index contributed by atoms with van der Waals surface area (Å²) in [6, 6.07) is 6.64. The Morgan fingerprint density at radius 3 is 2.74 bits per heavy atom. The van der Waals surface area contributed by atoms with Crippen LogP contribution in [0.5, 0.6) is 5.75 Å². The van der Waals surface area contributed by atoms with Gasteiger partial charge in [0.15, 0.2) is 0 Å². The predicted molar refractivity (Wildman–Crippen MR) is 87.3 cm³/mol. The number of carbonyl (C=O) groups excluding carboxylic acids is 1. The van der Waals surface area contributed by atoms with Crippen molar-refractivity contribution < 1.29 is 18.3 Å². The molecule has 1 heterocycles. The number of nitrogens with zero attached hydrogens (tertiary/aromatic N) is 1. The van der Waals surface area contributed by atoms with Gasteiger partial charge in [0, 0.05) is 20.0 Å². The molecule has 7 heteroatoms. The van der Waals surface area contributed by atoms with Crippen molar-refractivity contribution in [3.05, 3.63) is 29.8 Å². The van der Waals surface area contributed by atoms with Gasteiger partial charge in [-0.2, -0.15) is 0 Å². The van der Waals surface area contributed by atoms with Gasteiger partial charge in [0.1, 0.15) is 5.75 Å². The zero-order valence-electron chi connectivity index (χ0n) is 13.5. The van der Waals surface area contributed by atoms with E-state index in [0.29, 0.717) is 6.54 Å². The van der Waals surface area contributed by atoms with E-state index in [0.717, 1.165) is 11.3 Å². The van der Waals surface area contributed by atoms with Gasteiger partial charge >= 0.3 is 0 Å². The van der Waals surface area contributed by atoms with Crippen molar-refractivity contribution in [2.24, 2.45) is 0 Å². The minimum absolute atomic E-state index is 0. The quantitative estimate of drug-likeness (QED) is 0.889. The van der Waals surface area contributed by atoms with Crippen molar-refractivity contribution in [1.82, 2.24) is 10.2 Å². The Morgan fingerprint density at radius 1 is 1.48 bits per heavy atom. The summed E-state index contributed by atoms with van der Waals surface area (Å²) in [6.45, 7) is 3.80. The monoisotopic (exact) mass is 348 g/mol. The number of likely N-dealkylation sites (N-methyl/N-ethyl adjacent to an activating group) is 1. The van der Waals surface area contributed by atoms with Crippen LogP contribution in [0, 0.1) is 0 Å². The Kier molecular flexibility index (Phi) is 6.77. The largest absolute Gasteiger partial charge is 0.491 e. The molecule has 0 aromatic heterocycles. The van der Waals surface area contributed by atoms with Crippen LogP contribution in [0.1, 0.15) is 25.8 Å². The van der Waals surface area contributed by atoms with Gasteiger partial charge in [0.2, 0.25) is 5.91 Å².